The normalized spacial score (nSPS) is 16.7. The van der Waals surface area contributed by atoms with E-state index in [-0.39, 0.29) is 5.91 Å². The van der Waals surface area contributed by atoms with Crippen molar-refractivity contribution in [2.75, 3.05) is 0 Å². The summed E-state index contributed by atoms with van der Waals surface area (Å²) in [5.41, 5.74) is 0.576. The van der Waals surface area contributed by atoms with Crippen LogP contribution in [0.2, 0.25) is 0 Å². The molecule has 0 saturated heterocycles. The van der Waals surface area contributed by atoms with Crippen LogP contribution >= 0.6 is 15.9 Å². The smallest absolute Gasteiger partial charge is 0.255 e. The van der Waals surface area contributed by atoms with Gasteiger partial charge in [-0.25, -0.2) is 0 Å². The SMILES string of the molecule is O=C(NC1CCC1)c1ccoc1Br. The van der Waals surface area contributed by atoms with Crippen molar-refractivity contribution in [1.82, 2.24) is 5.32 Å². The standard InChI is InChI=1S/C9H10BrNO2/c10-8-7(4-5-13-8)9(12)11-6-2-1-3-6/h4-6H,1-3H2,(H,11,12). The zero-order valence-corrected chi connectivity index (χ0v) is 8.63. The molecule has 1 N–H and O–H groups in total. The van der Waals surface area contributed by atoms with E-state index in [0.717, 1.165) is 12.8 Å². The largest absolute Gasteiger partial charge is 0.457 e. The predicted octanol–water partition coefficient (Wildman–Crippen LogP) is 2.32. The van der Waals surface area contributed by atoms with E-state index in [1.807, 2.05) is 0 Å². The second kappa shape index (κ2) is 3.54. The van der Waals surface area contributed by atoms with Crippen molar-refractivity contribution in [3.05, 3.63) is 22.6 Å². The van der Waals surface area contributed by atoms with Crippen LogP contribution in [-0.4, -0.2) is 11.9 Å². The summed E-state index contributed by atoms with van der Waals surface area (Å²) in [6, 6.07) is 2.03. The van der Waals surface area contributed by atoms with Gasteiger partial charge in [-0.05, 0) is 41.3 Å². The number of amides is 1. The van der Waals surface area contributed by atoms with Crippen LogP contribution in [0.15, 0.2) is 21.4 Å². The summed E-state index contributed by atoms with van der Waals surface area (Å²) < 4.78 is 5.48. The van der Waals surface area contributed by atoms with Gasteiger partial charge in [0.15, 0.2) is 4.67 Å². The van der Waals surface area contributed by atoms with E-state index in [2.05, 4.69) is 21.2 Å². The minimum absolute atomic E-state index is 0.0506. The summed E-state index contributed by atoms with van der Waals surface area (Å²) in [6.45, 7) is 0. The zero-order chi connectivity index (χ0) is 9.26. The van der Waals surface area contributed by atoms with Crippen LogP contribution in [0.5, 0.6) is 0 Å². The van der Waals surface area contributed by atoms with Crippen LogP contribution in [0.25, 0.3) is 0 Å². The molecule has 1 aliphatic carbocycles. The lowest BCUT2D eigenvalue weighted by Gasteiger charge is -2.26. The third-order valence-corrected chi connectivity index (χ3v) is 2.92. The Bertz CT molecular complexity index is 317. The molecule has 1 aliphatic rings. The van der Waals surface area contributed by atoms with E-state index in [0.29, 0.717) is 16.3 Å². The highest BCUT2D eigenvalue weighted by Gasteiger charge is 2.21. The van der Waals surface area contributed by atoms with Gasteiger partial charge in [0.05, 0.1) is 11.8 Å². The Labute approximate surface area is 84.6 Å². The molecule has 0 bridgehead atoms. The van der Waals surface area contributed by atoms with Gasteiger partial charge in [0.2, 0.25) is 0 Å². The molecule has 0 unspecified atom stereocenters. The number of hydrogen-bond donors (Lipinski definition) is 1. The third-order valence-electron chi connectivity index (χ3n) is 2.30. The predicted molar refractivity (Wildman–Crippen MR) is 51.5 cm³/mol. The van der Waals surface area contributed by atoms with E-state index in [4.69, 9.17) is 4.42 Å². The van der Waals surface area contributed by atoms with E-state index < -0.39 is 0 Å². The fraction of sp³-hybridized carbons (Fsp3) is 0.444. The number of furan rings is 1. The van der Waals surface area contributed by atoms with Gasteiger partial charge in [0.1, 0.15) is 0 Å². The summed E-state index contributed by atoms with van der Waals surface area (Å²) in [5.74, 6) is -0.0506. The monoisotopic (exact) mass is 243 g/mol. The van der Waals surface area contributed by atoms with Crippen molar-refractivity contribution < 1.29 is 9.21 Å². The number of rotatable bonds is 2. The van der Waals surface area contributed by atoms with Crippen LogP contribution in [0, 0.1) is 0 Å². The van der Waals surface area contributed by atoms with Crippen LogP contribution in [0.3, 0.4) is 0 Å². The molecule has 1 fully saturated rings. The average Bonchev–Trinajstić information content (AvgIpc) is 2.43. The van der Waals surface area contributed by atoms with Crippen molar-refractivity contribution in [2.24, 2.45) is 0 Å². The van der Waals surface area contributed by atoms with Gasteiger partial charge < -0.3 is 9.73 Å². The first-order chi connectivity index (χ1) is 6.27. The highest BCUT2D eigenvalue weighted by molar-refractivity contribution is 9.10. The van der Waals surface area contributed by atoms with E-state index in [1.165, 1.54) is 12.7 Å². The van der Waals surface area contributed by atoms with Crippen LogP contribution in [-0.2, 0) is 0 Å². The quantitative estimate of drug-likeness (QED) is 0.867. The molecule has 0 aliphatic heterocycles. The van der Waals surface area contributed by atoms with E-state index >= 15 is 0 Å². The Hall–Kier alpha value is -0.770. The maximum atomic E-state index is 11.5. The van der Waals surface area contributed by atoms with E-state index in [9.17, 15) is 4.79 Å². The fourth-order valence-electron chi connectivity index (χ4n) is 1.27. The number of halogens is 1. The highest BCUT2D eigenvalue weighted by atomic mass is 79.9. The second-order valence-electron chi connectivity index (χ2n) is 3.21. The lowest BCUT2D eigenvalue weighted by molar-refractivity contribution is 0.0915. The first-order valence-electron chi connectivity index (χ1n) is 4.31. The Morgan fingerprint density at radius 3 is 2.85 bits per heavy atom. The Kier molecular flexibility index (Phi) is 2.40. The van der Waals surface area contributed by atoms with Gasteiger partial charge in [0, 0.05) is 6.04 Å². The molecular formula is C9H10BrNO2. The topological polar surface area (TPSA) is 42.2 Å². The molecule has 1 saturated carbocycles. The molecule has 1 heterocycles. The summed E-state index contributed by atoms with van der Waals surface area (Å²) in [6.07, 6.45) is 4.92. The maximum absolute atomic E-state index is 11.5. The molecule has 0 aromatic carbocycles. The fourth-order valence-corrected chi connectivity index (χ4v) is 1.69. The van der Waals surface area contributed by atoms with Crippen molar-refractivity contribution >= 4 is 21.8 Å². The van der Waals surface area contributed by atoms with Crippen LogP contribution in [0.4, 0.5) is 0 Å². The van der Waals surface area contributed by atoms with Gasteiger partial charge in [-0.15, -0.1) is 0 Å². The second-order valence-corrected chi connectivity index (χ2v) is 3.93. The Morgan fingerprint density at radius 2 is 2.38 bits per heavy atom. The van der Waals surface area contributed by atoms with Gasteiger partial charge in [0.25, 0.3) is 5.91 Å². The van der Waals surface area contributed by atoms with Crippen molar-refractivity contribution in [2.45, 2.75) is 25.3 Å². The first-order valence-corrected chi connectivity index (χ1v) is 5.10. The van der Waals surface area contributed by atoms with Crippen LogP contribution in [0.1, 0.15) is 29.6 Å². The lowest BCUT2D eigenvalue weighted by atomic mass is 9.93. The van der Waals surface area contributed by atoms with E-state index in [1.54, 1.807) is 6.07 Å². The zero-order valence-electron chi connectivity index (χ0n) is 7.05. The summed E-state index contributed by atoms with van der Waals surface area (Å²) >= 11 is 3.17. The minimum Gasteiger partial charge on any atom is -0.457 e. The summed E-state index contributed by atoms with van der Waals surface area (Å²) in [7, 11) is 0. The number of carbonyl (C=O) groups excluding carboxylic acids is 1. The average molecular weight is 244 g/mol. The molecular weight excluding hydrogens is 234 g/mol. The molecule has 3 nitrogen and oxygen atoms in total. The molecule has 4 heteroatoms. The lowest BCUT2D eigenvalue weighted by Crippen LogP contribution is -2.39. The molecule has 13 heavy (non-hydrogen) atoms. The molecule has 1 aromatic heterocycles. The molecule has 70 valence electrons. The Balaban J connectivity index is 2.00. The molecule has 1 aromatic rings. The van der Waals surface area contributed by atoms with Gasteiger partial charge in [-0.3, -0.25) is 4.79 Å². The highest BCUT2D eigenvalue weighted by Crippen LogP contribution is 2.21. The number of carbonyl (C=O) groups is 1. The summed E-state index contributed by atoms with van der Waals surface area (Å²) in [5, 5.41) is 2.93. The molecule has 2 rings (SSSR count). The minimum atomic E-state index is -0.0506. The maximum Gasteiger partial charge on any atom is 0.255 e. The van der Waals surface area contributed by atoms with Crippen molar-refractivity contribution in [3.63, 3.8) is 0 Å². The molecule has 0 atom stereocenters. The first kappa shape index (κ1) is 8.81. The number of hydrogen-bond acceptors (Lipinski definition) is 2. The molecule has 1 amide bonds. The Morgan fingerprint density at radius 1 is 1.62 bits per heavy atom. The number of nitrogens with one attached hydrogen (secondary N) is 1. The molecule has 0 radical (unpaired) electrons. The summed E-state index contributed by atoms with van der Waals surface area (Å²) in [4.78, 5) is 11.5. The van der Waals surface area contributed by atoms with Crippen molar-refractivity contribution in [1.29, 1.82) is 0 Å². The molecule has 0 spiro atoms. The van der Waals surface area contributed by atoms with Crippen LogP contribution < -0.4 is 5.32 Å². The third kappa shape index (κ3) is 1.77. The van der Waals surface area contributed by atoms with Crippen molar-refractivity contribution in [3.8, 4) is 0 Å². The van der Waals surface area contributed by atoms with Gasteiger partial charge in [-0.1, -0.05) is 0 Å². The van der Waals surface area contributed by atoms with Gasteiger partial charge >= 0.3 is 0 Å². The van der Waals surface area contributed by atoms with Gasteiger partial charge in [-0.2, -0.15) is 0 Å².